The maximum absolute atomic E-state index is 14.3. The number of aliphatic imine (C=N–C) groups is 1. The number of thioether (sulfide) groups is 1. The number of aryl methyl sites for hydroxylation is 1. The lowest BCUT2D eigenvalue weighted by Gasteiger charge is -2.35. The number of hydrogen-bond donors (Lipinski definition) is 0. The van der Waals surface area contributed by atoms with Gasteiger partial charge in [-0.1, -0.05) is 36.0 Å². The Kier molecular flexibility index (Phi) is 3.02. The van der Waals surface area contributed by atoms with Crippen molar-refractivity contribution in [2.24, 2.45) is 10.9 Å². The molecular weight excluding hydrogens is 261 g/mol. The summed E-state index contributed by atoms with van der Waals surface area (Å²) in [5.74, 6) is -0.158. The van der Waals surface area contributed by atoms with Gasteiger partial charge in [0.15, 0.2) is 0 Å². The first-order chi connectivity index (χ1) is 9.03. The molecule has 1 aromatic rings. The third-order valence-electron chi connectivity index (χ3n) is 3.80. The smallest absolute Gasteiger partial charge is 0.128 e. The lowest BCUT2D eigenvalue weighted by Crippen LogP contribution is -2.37. The number of nitrogens with zero attached hydrogens (tertiary/aromatic N) is 1. The van der Waals surface area contributed by atoms with Crippen molar-refractivity contribution in [3.05, 3.63) is 46.6 Å². The molecule has 0 radical (unpaired) electrons. The number of halogens is 1. The Bertz CT molecular complexity index is 584. The normalized spacial score (nSPS) is 30.2. The van der Waals surface area contributed by atoms with Gasteiger partial charge >= 0.3 is 0 Å². The van der Waals surface area contributed by atoms with Crippen molar-refractivity contribution in [2.45, 2.75) is 19.4 Å². The molecule has 1 saturated heterocycles. The van der Waals surface area contributed by atoms with Gasteiger partial charge in [0.2, 0.25) is 0 Å². The van der Waals surface area contributed by atoms with Crippen LogP contribution in [0.5, 0.6) is 0 Å². The van der Waals surface area contributed by atoms with E-state index in [2.05, 4.69) is 6.58 Å². The van der Waals surface area contributed by atoms with Gasteiger partial charge in [0, 0.05) is 11.5 Å². The highest BCUT2D eigenvalue weighted by Crippen LogP contribution is 2.50. The van der Waals surface area contributed by atoms with Gasteiger partial charge in [-0.15, -0.1) is 0 Å². The summed E-state index contributed by atoms with van der Waals surface area (Å²) < 4.78 is 19.9. The molecule has 2 heterocycles. The molecular formula is C15H16FNOS. The lowest BCUT2D eigenvalue weighted by molar-refractivity contribution is 0.177. The highest BCUT2D eigenvalue weighted by molar-refractivity contribution is 8.17. The Morgan fingerprint density at radius 3 is 3.05 bits per heavy atom. The predicted molar refractivity (Wildman–Crippen MR) is 77.0 cm³/mol. The van der Waals surface area contributed by atoms with Crippen molar-refractivity contribution in [1.29, 1.82) is 0 Å². The van der Waals surface area contributed by atoms with Crippen LogP contribution in [0, 0.1) is 18.7 Å². The number of rotatable bonds is 1. The summed E-state index contributed by atoms with van der Waals surface area (Å²) >= 11 is 1.57. The molecule has 1 aromatic carbocycles. The number of benzene rings is 1. The number of ether oxygens (including phenoxy) is 1. The highest BCUT2D eigenvalue weighted by atomic mass is 32.2. The van der Waals surface area contributed by atoms with E-state index < -0.39 is 5.54 Å². The molecule has 2 nitrogen and oxygen atoms in total. The van der Waals surface area contributed by atoms with Gasteiger partial charge in [0.05, 0.1) is 18.3 Å². The van der Waals surface area contributed by atoms with Crippen LogP contribution in [-0.2, 0) is 10.3 Å². The maximum atomic E-state index is 14.3. The van der Waals surface area contributed by atoms with Crippen molar-refractivity contribution >= 4 is 16.8 Å². The van der Waals surface area contributed by atoms with Crippen molar-refractivity contribution in [3.8, 4) is 0 Å². The first-order valence-electron chi connectivity index (χ1n) is 6.30. The van der Waals surface area contributed by atoms with E-state index >= 15 is 0 Å². The molecule has 0 saturated carbocycles. The first-order valence-corrected chi connectivity index (χ1v) is 7.12. The molecule has 0 aliphatic carbocycles. The fraction of sp³-hybridized carbons (Fsp3) is 0.400. The average molecular weight is 277 g/mol. The number of fused-ring (bicyclic) bond motifs is 1. The molecule has 1 unspecified atom stereocenters. The van der Waals surface area contributed by atoms with Crippen LogP contribution < -0.4 is 0 Å². The minimum absolute atomic E-state index is 0.0532. The van der Waals surface area contributed by atoms with Crippen LogP contribution in [-0.4, -0.2) is 18.3 Å². The van der Waals surface area contributed by atoms with E-state index in [1.807, 2.05) is 19.9 Å². The molecule has 0 amide bonds. The van der Waals surface area contributed by atoms with E-state index in [9.17, 15) is 4.39 Å². The zero-order valence-corrected chi connectivity index (χ0v) is 11.9. The quantitative estimate of drug-likeness (QED) is 0.781. The summed E-state index contributed by atoms with van der Waals surface area (Å²) in [5.41, 5.74) is 1.05. The van der Waals surface area contributed by atoms with Crippen LogP contribution in [0.2, 0.25) is 0 Å². The fourth-order valence-corrected chi connectivity index (χ4v) is 3.89. The van der Waals surface area contributed by atoms with Crippen LogP contribution in [0.4, 0.5) is 4.39 Å². The van der Waals surface area contributed by atoms with E-state index in [0.717, 1.165) is 15.5 Å². The Hall–Kier alpha value is -1.13. The second kappa shape index (κ2) is 4.46. The molecule has 2 atom stereocenters. The highest BCUT2D eigenvalue weighted by Gasteiger charge is 2.50. The maximum Gasteiger partial charge on any atom is 0.128 e. The van der Waals surface area contributed by atoms with Gasteiger partial charge in [-0.3, -0.25) is 4.99 Å². The standard InChI is InChI=1S/C15H16FNOS/c1-9-4-5-14(16)12(6-9)15-8-18-7-13(15)10(2)19-11(3)17-15/h4-6,13H,2,7-8H2,1,3H3/t13-,15?/m1/s1. The second-order valence-corrected chi connectivity index (χ2v) is 6.49. The molecule has 0 N–H and O–H groups in total. The number of hydrogen-bond acceptors (Lipinski definition) is 3. The molecule has 2 aliphatic heterocycles. The minimum atomic E-state index is -0.622. The molecule has 100 valence electrons. The van der Waals surface area contributed by atoms with Gasteiger partial charge < -0.3 is 4.74 Å². The van der Waals surface area contributed by atoms with Crippen LogP contribution in [0.25, 0.3) is 0 Å². The summed E-state index contributed by atoms with van der Waals surface area (Å²) in [6, 6.07) is 5.18. The van der Waals surface area contributed by atoms with Gasteiger partial charge in [-0.05, 0) is 24.8 Å². The van der Waals surface area contributed by atoms with E-state index in [1.54, 1.807) is 17.8 Å². The first kappa shape index (κ1) is 12.9. The van der Waals surface area contributed by atoms with Crippen LogP contribution in [0.1, 0.15) is 18.1 Å². The van der Waals surface area contributed by atoms with E-state index in [4.69, 9.17) is 9.73 Å². The predicted octanol–water partition coefficient (Wildman–Crippen LogP) is 3.65. The summed E-state index contributed by atoms with van der Waals surface area (Å²) in [4.78, 5) is 5.77. The van der Waals surface area contributed by atoms with Crippen molar-refractivity contribution in [3.63, 3.8) is 0 Å². The van der Waals surface area contributed by atoms with Crippen LogP contribution >= 0.6 is 11.8 Å². The average Bonchev–Trinajstić information content (AvgIpc) is 2.77. The summed E-state index contributed by atoms with van der Waals surface area (Å²) in [6.07, 6.45) is 0. The lowest BCUT2D eigenvalue weighted by atomic mass is 9.80. The van der Waals surface area contributed by atoms with E-state index in [1.165, 1.54) is 6.07 Å². The van der Waals surface area contributed by atoms with Crippen molar-refractivity contribution in [1.82, 2.24) is 0 Å². The molecule has 4 heteroatoms. The van der Waals surface area contributed by atoms with Gasteiger partial charge in [-0.2, -0.15) is 0 Å². The summed E-state index contributed by atoms with van der Waals surface area (Å²) in [5, 5.41) is 0.924. The third kappa shape index (κ3) is 1.94. The molecule has 0 aromatic heterocycles. The van der Waals surface area contributed by atoms with Crippen molar-refractivity contribution in [2.75, 3.05) is 13.2 Å². The summed E-state index contributed by atoms with van der Waals surface area (Å²) in [7, 11) is 0. The minimum Gasteiger partial charge on any atom is -0.378 e. The van der Waals surface area contributed by atoms with Crippen LogP contribution in [0.15, 0.2) is 34.7 Å². The molecule has 0 spiro atoms. The topological polar surface area (TPSA) is 21.6 Å². The SMILES string of the molecule is C=C1SC(C)=NC2(c3cc(C)ccc3F)COC[C@H]12. The van der Waals surface area contributed by atoms with Gasteiger partial charge in [0.25, 0.3) is 0 Å². The molecule has 19 heavy (non-hydrogen) atoms. The second-order valence-electron chi connectivity index (χ2n) is 5.17. The zero-order chi connectivity index (χ0) is 13.6. The Morgan fingerprint density at radius 1 is 1.47 bits per heavy atom. The monoisotopic (exact) mass is 277 g/mol. The Morgan fingerprint density at radius 2 is 2.26 bits per heavy atom. The van der Waals surface area contributed by atoms with E-state index in [-0.39, 0.29) is 11.7 Å². The van der Waals surface area contributed by atoms with Crippen LogP contribution in [0.3, 0.4) is 0 Å². The Labute approximate surface area is 116 Å². The molecule has 1 fully saturated rings. The fourth-order valence-electron chi connectivity index (χ4n) is 2.90. The van der Waals surface area contributed by atoms with Gasteiger partial charge in [0.1, 0.15) is 11.4 Å². The third-order valence-corrected chi connectivity index (χ3v) is 4.73. The molecule has 0 bridgehead atoms. The van der Waals surface area contributed by atoms with Crippen molar-refractivity contribution < 1.29 is 9.13 Å². The van der Waals surface area contributed by atoms with Gasteiger partial charge in [-0.25, -0.2) is 4.39 Å². The summed E-state index contributed by atoms with van der Waals surface area (Å²) in [6.45, 7) is 9.01. The Balaban J connectivity index is 2.22. The largest absolute Gasteiger partial charge is 0.378 e. The zero-order valence-electron chi connectivity index (χ0n) is 11.1. The molecule has 2 aliphatic rings. The molecule has 3 rings (SSSR count). The van der Waals surface area contributed by atoms with E-state index in [0.29, 0.717) is 18.8 Å².